The third kappa shape index (κ3) is 8.44. The monoisotopic (exact) mass is 338 g/mol. The standard InChI is InChI=1S/C16H26N4O4/c1-3-17-16(18-9-4-10-24-12-11-23-2)19-13-14-5-7-15(8-6-14)20(21)22/h5-8H,3-4,9-13H2,1-2H3,(H2,17,18,19). The number of non-ortho nitro benzene ring substituents is 1. The molecular formula is C16H26N4O4. The van der Waals surface area contributed by atoms with Crippen LogP contribution in [0.4, 0.5) is 5.69 Å². The number of ether oxygens (including phenoxy) is 2. The van der Waals surface area contributed by atoms with Gasteiger partial charge in [-0.05, 0) is 18.9 Å². The Morgan fingerprint density at radius 3 is 2.58 bits per heavy atom. The summed E-state index contributed by atoms with van der Waals surface area (Å²) >= 11 is 0. The Balaban J connectivity index is 2.37. The molecule has 8 heteroatoms. The first-order valence-corrected chi connectivity index (χ1v) is 7.99. The molecule has 24 heavy (non-hydrogen) atoms. The molecule has 0 aliphatic heterocycles. The minimum atomic E-state index is -0.409. The molecule has 0 bridgehead atoms. The van der Waals surface area contributed by atoms with Gasteiger partial charge in [0, 0.05) is 38.9 Å². The van der Waals surface area contributed by atoms with Gasteiger partial charge < -0.3 is 20.1 Å². The molecule has 0 spiro atoms. The predicted molar refractivity (Wildman–Crippen MR) is 93.2 cm³/mol. The smallest absolute Gasteiger partial charge is 0.269 e. The molecule has 1 aromatic rings. The van der Waals surface area contributed by atoms with Crippen LogP contribution in [0.3, 0.4) is 0 Å². The van der Waals surface area contributed by atoms with Gasteiger partial charge in [0.2, 0.25) is 0 Å². The van der Waals surface area contributed by atoms with Crippen LogP contribution in [0, 0.1) is 10.1 Å². The van der Waals surface area contributed by atoms with E-state index in [2.05, 4.69) is 15.6 Å². The van der Waals surface area contributed by atoms with E-state index in [0.717, 1.165) is 25.1 Å². The lowest BCUT2D eigenvalue weighted by molar-refractivity contribution is -0.384. The molecule has 2 N–H and O–H groups in total. The van der Waals surface area contributed by atoms with Gasteiger partial charge in [0.25, 0.3) is 5.69 Å². The number of benzene rings is 1. The fourth-order valence-corrected chi connectivity index (χ4v) is 1.86. The lowest BCUT2D eigenvalue weighted by Gasteiger charge is -2.11. The second kappa shape index (κ2) is 12.3. The highest BCUT2D eigenvalue weighted by Crippen LogP contribution is 2.12. The SMILES string of the molecule is CCNC(=NCc1ccc([N+](=O)[O-])cc1)NCCCOCCOC. The van der Waals surface area contributed by atoms with E-state index in [9.17, 15) is 10.1 Å². The van der Waals surface area contributed by atoms with Crippen molar-refractivity contribution in [2.24, 2.45) is 4.99 Å². The van der Waals surface area contributed by atoms with Gasteiger partial charge in [-0.25, -0.2) is 4.99 Å². The number of nitrogens with zero attached hydrogens (tertiary/aromatic N) is 2. The molecule has 0 radical (unpaired) electrons. The van der Waals surface area contributed by atoms with Gasteiger partial charge in [0.05, 0.1) is 24.7 Å². The highest BCUT2D eigenvalue weighted by molar-refractivity contribution is 5.79. The summed E-state index contributed by atoms with van der Waals surface area (Å²) in [6.45, 7) is 5.83. The van der Waals surface area contributed by atoms with Gasteiger partial charge in [-0.2, -0.15) is 0 Å². The third-order valence-electron chi connectivity index (χ3n) is 3.10. The normalized spacial score (nSPS) is 11.3. The van der Waals surface area contributed by atoms with Crippen molar-refractivity contribution >= 4 is 11.6 Å². The highest BCUT2D eigenvalue weighted by Gasteiger charge is 2.04. The summed E-state index contributed by atoms with van der Waals surface area (Å²) in [5.74, 6) is 0.716. The number of hydrogen-bond donors (Lipinski definition) is 2. The van der Waals surface area contributed by atoms with Gasteiger partial charge in [0.15, 0.2) is 5.96 Å². The van der Waals surface area contributed by atoms with Crippen LogP contribution >= 0.6 is 0 Å². The van der Waals surface area contributed by atoms with E-state index in [4.69, 9.17) is 9.47 Å². The van der Waals surface area contributed by atoms with Crippen LogP contribution in [0.5, 0.6) is 0 Å². The van der Waals surface area contributed by atoms with E-state index in [1.54, 1.807) is 19.2 Å². The van der Waals surface area contributed by atoms with Gasteiger partial charge in [0.1, 0.15) is 0 Å². The summed E-state index contributed by atoms with van der Waals surface area (Å²) in [6, 6.07) is 6.41. The van der Waals surface area contributed by atoms with E-state index in [1.165, 1.54) is 12.1 Å². The Labute approximate surface area is 142 Å². The molecule has 0 aromatic heterocycles. The molecule has 8 nitrogen and oxygen atoms in total. The lowest BCUT2D eigenvalue weighted by atomic mass is 10.2. The zero-order valence-electron chi connectivity index (χ0n) is 14.3. The molecule has 1 rings (SSSR count). The average molecular weight is 338 g/mol. The maximum absolute atomic E-state index is 10.6. The average Bonchev–Trinajstić information content (AvgIpc) is 2.59. The lowest BCUT2D eigenvalue weighted by Crippen LogP contribution is -2.38. The number of rotatable bonds is 11. The van der Waals surface area contributed by atoms with Crippen LogP contribution < -0.4 is 10.6 Å². The van der Waals surface area contributed by atoms with Crippen molar-refractivity contribution in [3.8, 4) is 0 Å². The van der Waals surface area contributed by atoms with Crippen molar-refractivity contribution in [3.63, 3.8) is 0 Å². The molecular weight excluding hydrogens is 312 g/mol. The van der Waals surface area contributed by atoms with E-state index < -0.39 is 4.92 Å². The molecule has 0 heterocycles. The maximum Gasteiger partial charge on any atom is 0.269 e. The first-order valence-electron chi connectivity index (χ1n) is 7.99. The molecule has 1 aromatic carbocycles. The number of hydrogen-bond acceptors (Lipinski definition) is 5. The van der Waals surface area contributed by atoms with Crippen molar-refractivity contribution in [2.45, 2.75) is 19.9 Å². The number of nitro benzene ring substituents is 1. The van der Waals surface area contributed by atoms with Crippen molar-refractivity contribution in [3.05, 3.63) is 39.9 Å². The van der Waals surface area contributed by atoms with Crippen molar-refractivity contribution in [2.75, 3.05) is 40.0 Å². The Bertz CT molecular complexity index is 505. The first kappa shape index (κ1) is 19.9. The largest absolute Gasteiger partial charge is 0.382 e. The Morgan fingerprint density at radius 1 is 1.21 bits per heavy atom. The van der Waals surface area contributed by atoms with Crippen LogP contribution in [0.25, 0.3) is 0 Å². The molecule has 0 aliphatic carbocycles. The molecule has 0 aliphatic rings. The number of guanidine groups is 1. The van der Waals surface area contributed by atoms with Crippen molar-refractivity contribution in [1.82, 2.24) is 10.6 Å². The predicted octanol–water partition coefficient (Wildman–Crippen LogP) is 1.70. The minimum absolute atomic E-state index is 0.0845. The van der Waals surface area contributed by atoms with Crippen LogP contribution in [-0.4, -0.2) is 50.9 Å². The quantitative estimate of drug-likeness (QED) is 0.209. The van der Waals surface area contributed by atoms with E-state index in [1.807, 2.05) is 6.92 Å². The molecule has 0 saturated heterocycles. The summed E-state index contributed by atoms with van der Waals surface area (Å²) in [5, 5.41) is 17.0. The van der Waals surface area contributed by atoms with Crippen LogP contribution in [-0.2, 0) is 16.0 Å². The molecule has 0 fully saturated rings. The highest BCUT2D eigenvalue weighted by atomic mass is 16.6. The Kier molecular flexibility index (Phi) is 10.1. The topological polar surface area (TPSA) is 98.0 Å². The summed E-state index contributed by atoms with van der Waals surface area (Å²) in [7, 11) is 1.65. The van der Waals surface area contributed by atoms with Crippen molar-refractivity contribution in [1.29, 1.82) is 0 Å². The molecule has 134 valence electrons. The molecule has 0 saturated carbocycles. The fraction of sp³-hybridized carbons (Fsp3) is 0.562. The summed E-state index contributed by atoms with van der Waals surface area (Å²) in [6.07, 6.45) is 0.867. The van der Waals surface area contributed by atoms with Crippen molar-refractivity contribution < 1.29 is 14.4 Å². The summed E-state index contributed by atoms with van der Waals surface area (Å²) in [5.41, 5.74) is 1.00. The number of aliphatic imine (C=N–C) groups is 1. The number of methoxy groups -OCH3 is 1. The minimum Gasteiger partial charge on any atom is -0.382 e. The maximum atomic E-state index is 10.6. The second-order valence-electron chi connectivity index (χ2n) is 5.00. The van der Waals surface area contributed by atoms with Crippen LogP contribution in [0.1, 0.15) is 18.9 Å². The van der Waals surface area contributed by atoms with Gasteiger partial charge in [-0.3, -0.25) is 10.1 Å². The summed E-state index contributed by atoms with van der Waals surface area (Å²) < 4.78 is 10.3. The molecule has 0 amide bonds. The van der Waals surface area contributed by atoms with E-state index >= 15 is 0 Å². The molecule has 0 unspecified atom stereocenters. The zero-order valence-corrected chi connectivity index (χ0v) is 14.3. The first-order chi connectivity index (χ1) is 11.7. The van der Waals surface area contributed by atoms with Crippen LogP contribution in [0.15, 0.2) is 29.3 Å². The van der Waals surface area contributed by atoms with Gasteiger partial charge in [-0.1, -0.05) is 12.1 Å². The third-order valence-corrected chi connectivity index (χ3v) is 3.10. The zero-order chi connectivity index (χ0) is 17.6. The second-order valence-corrected chi connectivity index (χ2v) is 5.00. The Morgan fingerprint density at radius 2 is 1.96 bits per heavy atom. The van der Waals surface area contributed by atoms with E-state index in [-0.39, 0.29) is 5.69 Å². The summed E-state index contributed by atoms with van der Waals surface area (Å²) in [4.78, 5) is 14.7. The van der Waals surface area contributed by atoms with Gasteiger partial charge in [-0.15, -0.1) is 0 Å². The van der Waals surface area contributed by atoms with Crippen LogP contribution in [0.2, 0.25) is 0 Å². The van der Waals surface area contributed by atoms with E-state index in [0.29, 0.717) is 32.3 Å². The Hall–Kier alpha value is -2.19. The molecule has 0 atom stereocenters. The fourth-order valence-electron chi connectivity index (χ4n) is 1.86. The van der Waals surface area contributed by atoms with Gasteiger partial charge >= 0.3 is 0 Å². The number of nitro groups is 1. The number of nitrogens with one attached hydrogen (secondary N) is 2.